The molecular formula is C62H76N4+4. The van der Waals surface area contributed by atoms with Gasteiger partial charge in [0.2, 0.25) is 22.8 Å². The first-order valence-electron chi connectivity index (χ1n) is 26.1. The number of pyridine rings is 4. The van der Waals surface area contributed by atoms with E-state index in [1.807, 2.05) is 90.9 Å². The number of benzene rings is 4. The predicted octanol–water partition coefficient (Wildman–Crippen LogP) is 13.3. The van der Waals surface area contributed by atoms with E-state index in [0.29, 0.717) is 17.0 Å². The van der Waals surface area contributed by atoms with E-state index in [4.69, 9.17) is 8.22 Å². The summed E-state index contributed by atoms with van der Waals surface area (Å²) in [6.45, 7) is 15.8. The van der Waals surface area contributed by atoms with Gasteiger partial charge in [-0.2, -0.15) is 0 Å². The molecule has 0 bridgehead atoms. The summed E-state index contributed by atoms with van der Waals surface area (Å²) in [4.78, 5) is 0. The molecule has 8 aromatic rings. The fourth-order valence-electron chi connectivity index (χ4n) is 7.90. The summed E-state index contributed by atoms with van der Waals surface area (Å²) in [5.74, 6) is -1.05. The highest BCUT2D eigenvalue weighted by Gasteiger charge is 2.16. The van der Waals surface area contributed by atoms with Gasteiger partial charge in [0.05, 0.1) is 0 Å². The van der Waals surface area contributed by atoms with Crippen molar-refractivity contribution in [3.63, 3.8) is 0 Å². The monoisotopic (exact) mass is 883 g/mol. The van der Waals surface area contributed by atoms with Crippen LogP contribution in [0, 0.1) is 27.7 Å². The van der Waals surface area contributed by atoms with Crippen molar-refractivity contribution in [3.8, 4) is 45.0 Å². The highest BCUT2D eigenvalue weighted by atomic mass is 14.9. The van der Waals surface area contributed by atoms with Crippen LogP contribution in [-0.4, -0.2) is 0 Å². The Morgan fingerprint density at radius 3 is 1.29 bits per heavy atom. The Morgan fingerprint density at radius 1 is 0.455 bits per heavy atom. The van der Waals surface area contributed by atoms with Crippen LogP contribution in [0.2, 0.25) is 0 Å². The van der Waals surface area contributed by atoms with Crippen LogP contribution in [0.4, 0.5) is 0 Å². The molecule has 0 saturated heterocycles. The molecule has 0 fully saturated rings. The molecule has 4 nitrogen and oxygen atoms in total. The zero-order valence-corrected chi connectivity index (χ0v) is 41.7. The van der Waals surface area contributed by atoms with E-state index >= 15 is 0 Å². The molecule has 0 N–H and O–H groups in total. The highest BCUT2D eigenvalue weighted by Crippen LogP contribution is 2.25. The van der Waals surface area contributed by atoms with E-state index in [1.54, 1.807) is 19.2 Å². The standard InChI is InChI=1S/2C16H20N.2C15H18N/c1-12(2)14-9-10-17(4)16(11-14)15-8-6-5-7-13(15)3;1-12(2)14-9-10-16(17(4)11-14)15-8-6-5-7-13(15)3;1-4-13-9-10-16(3)15(11-13)14-8-6-5-7-12(14)2;1-4-13-9-10-15(16(3)11-13)14-8-6-5-7-12(14)2/h2*5-12H,1-4H3;2*5-11H,4H2,1-3H3/q4*+1/i;1D3,12D;;4D2. The predicted molar refractivity (Wildman–Crippen MR) is 278 cm³/mol. The van der Waals surface area contributed by atoms with Crippen molar-refractivity contribution >= 4 is 0 Å². The topological polar surface area (TPSA) is 15.5 Å². The number of hydrogen-bond donors (Lipinski definition) is 0. The van der Waals surface area contributed by atoms with Gasteiger partial charge in [-0.05, 0) is 122 Å². The van der Waals surface area contributed by atoms with Gasteiger partial charge in [-0.3, -0.25) is 0 Å². The second-order valence-electron chi connectivity index (χ2n) is 17.5. The lowest BCUT2D eigenvalue weighted by Gasteiger charge is -2.08. The second kappa shape index (κ2) is 24.1. The zero-order chi connectivity index (χ0) is 53.1. The van der Waals surface area contributed by atoms with E-state index in [-0.39, 0.29) is 0 Å². The van der Waals surface area contributed by atoms with Gasteiger partial charge >= 0.3 is 0 Å². The summed E-state index contributed by atoms with van der Waals surface area (Å²) in [6, 6.07) is 49.8. The molecule has 4 aromatic carbocycles. The molecule has 4 heterocycles. The molecule has 1 unspecified atom stereocenters. The molecule has 0 amide bonds. The number of nitrogens with zero attached hydrogens (tertiary/aromatic N) is 4. The summed E-state index contributed by atoms with van der Waals surface area (Å²) < 4.78 is 54.5. The molecule has 4 aromatic heterocycles. The van der Waals surface area contributed by atoms with Crippen LogP contribution in [0.25, 0.3) is 45.0 Å². The summed E-state index contributed by atoms with van der Waals surface area (Å²) in [5, 5.41) is 0. The van der Waals surface area contributed by atoms with Crippen molar-refractivity contribution in [2.45, 2.75) is 93.8 Å². The van der Waals surface area contributed by atoms with Crippen molar-refractivity contribution < 1.29 is 26.5 Å². The van der Waals surface area contributed by atoms with Crippen molar-refractivity contribution in [1.29, 1.82) is 0 Å². The third kappa shape index (κ3) is 13.3. The van der Waals surface area contributed by atoms with Gasteiger partial charge < -0.3 is 0 Å². The molecule has 0 spiro atoms. The summed E-state index contributed by atoms with van der Waals surface area (Å²) in [7, 11) is 8.03. The van der Waals surface area contributed by atoms with Gasteiger partial charge in [-0.15, -0.1) is 0 Å². The number of rotatable bonds is 8. The van der Waals surface area contributed by atoms with Crippen LogP contribution in [0.1, 0.15) is 106 Å². The van der Waals surface area contributed by atoms with Gasteiger partial charge in [0.1, 0.15) is 28.2 Å². The van der Waals surface area contributed by atoms with Crippen LogP contribution in [0.3, 0.4) is 0 Å². The first kappa shape index (κ1) is 42.1. The molecule has 0 aliphatic rings. The maximum Gasteiger partial charge on any atom is 0.212 e. The maximum atomic E-state index is 8.16. The lowest BCUT2D eigenvalue weighted by Crippen LogP contribution is -2.31. The summed E-state index contributed by atoms with van der Waals surface area (Å²) in [6.07, 6.45) is 7.67. The van der Waals surface area contributed by atoms with E-state index in [0.717, 1.165) is 28.9 Å². The third-order valence-electron chi connectivity index (χ3n) is 12.1. The Hall–Kier alpha value is -6.52. The molecule has 0 radical (unpaired) electrons. The lowest BCUT2D eigenvalue weighted by molar-refractivity contribution is -0.661. The van der Waals surface area contributed by atoms with Gasteiger partial charge in [0, 0.05) is 78.0 Å². The fraction of sp³-hybridized carbons (Fsp3) is 0.290. The average molecular weight is 883 g/mol. The Balaban J connectivity index is 0.000000179. The van der Waals surface area contributed by atoms with Gasteiger partial charge in [-0.1, -0.05) is 114 Å². The molecule has 8 rings (SSSR count). The quantitative estimate of drug-likeness (QED) is 0.135. The molecule has 0 saturated carbocycles. The van der Waals surface area contributed by atoms with Crippen molar-refractivity contribution in [2.24, 2.45) is 28.2 Å². The highest BCUT2D eigenvalue weighted by molar-refractivity contribution is 5.63. The van der Waals surface area contributed by atoms with Crippen molar-refractivity contribution in [2.75, 3.05) is 0 Å². The van der Waals surface area contributed by atoms with Crippen LogP contribution in [0.15, 0.2) is 170 Å². The van der Waals surface area contributed by atoms with Gasteiger partial charge in [0.25, 0.3) is 0 Å². The maximum absolute atomic E-state index is 8.16. The second-order valence-corrected chi connectivity index (χ2v) is 17.5. The van der Waals surface area contributed by atoms with Crippen LogP contribution >= 0.6 is 0 Å². The van der Waals surface area contributed by atoms with Crippen molar-refractivity contribution in [3.05, 3.63) is 215 Å². The molecular weight excluding hydrogens is 801 g/mol. The number of aromatic nitrogens is 4. The van der Waals surface area contributed by atoms with Gasteiger partial charge in [0.15, 0.2) is 24.8 Å². The van der Waals surface area contributed by atoms with E-state index in [2.05, 4.69) is 162 Å². The molecule has 1 atom stereocenters. The van der Waals surface area contributed by atoms with Gasteiger partial charge in [-0.25, -0.2) is 18.3 Å². The smallest absolute Gasteiger partial charge is 0.201 e. The minimum atomic E-state index is -2.36. The molecule has 0 aliphatic heterocycles. The van der Waals surface area contributed by atoms with Crippen LogP contribution in [-0.2, 0) is 41.0 Å². The van der Waals surface area contributed by atoms with E-state index in [9.17, 15) is 0 Å². The summed E-state index contributed by atoms with van der Waals surface area (Å²) >= 11 is 0. The number of hydrogen-bond acceptors (Lipinski definition) is 0. The first-order valence-corrected chi connectivity index (χ1v) is 23.1. The Labute approximate surface area is 407 Å². The van der Waals surface area contributed by atoms with Crippen molar-refractivity contribution in [1.82, 2.24) is 0 Å². The average Bonchev–Trinajstić information content (AvgIpc) is 3.33. The van der Waals surface area contributed by atoms with Crippen LogP contribution in [0.5, 0.6) is 0 Å². The Bertz CT molecular complexity index is 3090. The number of aryl methyl sites for hydroxylation is 10. The normalized spacial score (nSPS) is 13.3. The SMILES string of the molecule is CCc1cc[n+](C)c(-c2ccccc2C)c1.Cc1ccccc1-c1cc(C(C)C)cc[n+]1C.[2H]C([2H])(C)c1ccc(-c2ccccc2C)[n+](C)c1.[2H]C([2H])([2H])C([2H])(C)c1ccc(-c2ccccc2C)[n+](C)c1. The lowest BCUT2D eigenvalue weighted by atomic mass is 9.99. The van der Waals surface area contributed by atoms with Crippen LogP contribution < -0.4 is 18.3 Å². The minimum Gasteiger partial charge on any atom is -0.201 e. The minimum absolute atomic E-state index is 0.488. The Kier molecular flexibility index (Phi) is 15.4. The molecule has 0 aliphatic carbocycles. The first-order chi connectivity index (χ1) is 33.8. The Morgan fingerprint density at radius 2 is 0.879 bits per heavy atom. The molecule has 340 valence electrons. The largest absolute Gasteiger partial charge is 0.212 e. The van der Waals surface area contributed by atoms with E-state index < -0.39 is 19.1 Å². The third-order valence-corrected chi connectivity index (χ3v) is 12.1. The molecule has 66 heavy (non-hydrogen) atoms. The fourth-order valence-corrected chi connectivity index (χ4v) is 7.90. The summed E-state index contributed by atoms with van der Waals surface area (Å²) in [5.41, 5.74) is 18.6. The van der Waals surface area contributed by atoms with E-state index in [1.165, 1.54) is 62.8 Å². The molecule has 4 heteroatoms. The zero-order valence-electron chi connectivity index (χ0n) is 47.7.